The quantitative estimate of drug-likeness (QED) is 0.826. The molecule has 0 radical (unpaired) electrons. The number of rotatable bonds is 3. The van der Waals surface area contributed by atoms with Gasteiger partial charge in [0.2, 0.25) is 5.91 Å². The summed E-state index contributed by atoms with van der Waals surface area (Å²) >= 11 is 5.85. The van der Waals surface area contributed by atoms with Crippen LogP contribution in [-0.4, -0.2) is 59.0 Å². The summed E-state index contributed by atoms with van der Waals surface area (Å²) in [7, 11) is 0. The number of benzene rings is 1. The van der Waals surface area contributed by atoms with Crippen LogP contribution >= 0.6 is 11.6 Å². The lowest BCUT2D eigenvalue weighted by Gasteiger charge is -2.23. The van der Waals surface area contributed by atoms with Crippen molar-refractivity contribution in [2.24, 2.45) is 17.3 Å². The highest BCUT2D eigenvalue weighted by Gasteiger charge is 2.66. The topological polar surface area (TPSA) is 90.0 Å². The first-order chi connectivity index (χ1) is 12.7. The third-order valence-corrected chi connectivity index (χ3v) is 5.80. The molecule has 1 aromatic carbocycles. The van der Waals surface area contributed by atoms with Crippen LogP contribution in [0.4, 0.5) is 10.5 Å². The van der Waals surface area contributed by atoms with Crippen LogP contribution in [-0.2, 0) is 9.59 Å². The van der Waals surface area contributed by atoms with Crippen molar-refractivity contribution in [2.45, 2.75) is 20.3 Å². The van der Waals surface area contributed by atoms with Crippen LogP contribution in [0.2, 0.25) is 5.02 Å². The Morgan fingerprint density at radius 2 is 1.63 bits per heavy atom. The minimum Gasteiger partial charge on any atom is -0.481 e. The monoisotopic (exact) mass is 393 g/mol. The number of nitrogens with zero attached hydrogens (tertiary/aromatic N) is 2. The predicted molar refractivity (Wildman–Crippen MR) is 102 cm³/mol. The molecule has 2 N–H and O–H groups in total. The summed E-state index contributed by atoms with van der Waals surface area (Å²) in [6, 6.07) is 6.65. The van der Waals surface area contributed by atoms with E-state index in [1.54, 1.807) is 34.1 Å². The Hall–Kier alpha value is -2.28. The highest BCUT2D eigenvalue weighted by Crippen LogP contribution is 2.59. The fourth-order valence-corrected chi connectivity index (χ4v) is 3.96. The largest absolute Gasteiger partial charge is 0.481 e. The lowest BCUT2D eigenvalue weighted by Crippen LogP contribution is -2.40. The minimum atomic E-state index is -0.919. The van der Waals surface area contributed by atoms with E-state index < -0.39 is 23.2 Å². The molecule has 1 heterocycles. The van der Waals surface area contributed by atoms with E-state index in [1.807, 2.05) is 13.8 Å². The number of urea groups is 1. The number of carbonyl (C=O) groups is 3. The number of carbonyl (C=O) groups excluding carboxylic acids is 2. The highest BCUT2D eigenvalue weighted by atomic mass is 35.5. The first-order valence-corrected chi connectivity index (χ1v) is 9.42. The Morgan fingerprint density at radius 3 is 2.22 bits per heavy atom. The predicted octanol–water partition coefficient (Wildman–Crippen LogP) is 2.76. The summed E-state index contributed by atoms with van der Waals surface area (Å²) in [5, 5.41) is 12.7. The van der Waals surface area contributed by atoms with Gasteiger partial charge in [-0.15, -0.1) is 0 Å². The summed E-state index contributed by atoms with van der Waals surface area (Å²) in [5.41, 5.74) is 0.145. The number of nitrogens with one attached hydrogen (secondary N) is 1. The van der Waals surface area contributed by atoms with E-state index in [4.69, 9.17) is 11.6 Å². The van der Waals surface area contributed by atoms with E-state index in [2.05, 4.69) is 5.32 Å². The van der Waals surface area contributed by atoms with Crippen LogP contribution in [0.15, 0.2) is 24.3 Å². The number of hydrogen-bond donors (Lipinski definition) is 2. The van der Waals surface area contributed by atoms with Crippen molar-refractivity contribution in [2.75, 3.05) is 31.5 Å². The van der Waals surface area contributed by atoms with Gasteiger partial charge < -0.3 is 20.2 Å². The molecule has 7 nitrogen and oxygen atoms in total. The average molecular weight is 394 g/mol. The van der Waals surface area contributed by atoms with Crippen LogP contribution < -0.4 is 5.32 Å². The average Bonchev–Trinajstić information content (AvgIpc) is 3.27. The third kappa shape index (κ3) is 4.03. The van der Waals surface area contributed by atoms with Crippen LogP contribution in [0, 0.1) is 17.3 Å². The van der Waals surface area contributed by atoms with Crippen molar-refractivity contribution in [3.05, 3.63) is 29.3 Å². The molecular weight excluding hydrogens is 370 g/mol. The van der Waals surface area contributed by atoms with Crippen LogP contribution in [0.5, 0.6) is 0 Å². The van der Waals surface area contributed by atoms with Gasteiger partial charge in [0.1, 0.15) is 0 Å². The maximum atomic E-state index is 12.8. The summed E-state index contributed by atoms with van der Waals surface area (Å²) in [6.07, 6.45) is 0.657. The zero-order valence-corrected chi connectivity index (χ0v) is 16.2. The maximum Gasteiger partial charge on any atom is 0.321 e. The number of aliphatic carboxylic acids is 1. The van der Waals surface area contributed by atoms with E-state index in [-0.39, 0.29) is 11.9 Å². The molecule has 2 fully saturated rings. The molecule has 0 bridgehead atoms. The van der Waals surface area contributed by atoms with Crippen molar-refractivity contribution >= 4 is 35.2 Å². The Balaban J connectivity index is 1.57. The van der Waals surface area contributed by atoms with Gasteiger partial charge in [-0.05, 0) is 36.1 Å². The second kappa shape index (κ2) is 7.38. The fraction of sp³-hybridized carbons (Fsp3) is 0.526. The first kappa shape index (κ1) is 19.5. The maximum absolute atomic E-state index is 12.8. The van der Waals surface area contributed by atoms with E-state index in [0.29, 0.717) is 43.3 Å². The molecule has 27 heavy (non-hydrogen) atoms. The van der Waals surface area contributed by atoms with Gasteiger partial charge in [0, 0.05) is 36.9 Å². The van der Waals surface area contributed by atoms with Gasteiger partial charge in [-0.2, -0.15) is 0 Å². The Kier molecular flexibility index (Phi) is 5.33. The highest BCUT2D eigenvalue weighted by molar-refractivity contribution is 6.30. The Labute approximate surface area is 163 Å². The molecule has 1 aliphatic carbocycles. The normalized spacial score (nSPS) is 24.1. The molecule has 8 heteroatoms. The molecule has 2 atom stereocenters. The Bertz CT molecular complexity index is 750. The SMILES string of the molecule is CC1(C)[C@H](C(=O)O)[C@@H]1C(=O)N1CCCN(C(=O)Nc2ccc(Cl)cc2)CC1. The lowest BCUT2D eigenvalue weighted by atomic mass is 10.1. The van der Waals surface area contributed by atoms with Gasteiger partial charge in [-0.3, -0.25) is 9.59 Å². The Morgan fingerprint density at radius 1 is 1.04 bits per heavy atom. The molecule has 0 unspecified atom stereocenters. The van der Waals surface area contributed by atoms with Gasteiger partial charge in [0.15, 0.2) is 0 Å². The second-order valence-corrected chi connectivity index (χ2v) is 8.15. The van der Waals surface area contributed by atoms with E-state index >= 15 is 0 Å². The van der Waals surface area contributed by atoms with Gasteiger partial charge >= 0.3 is 12.0 Å². The van der Waals surface area contributed by atoms with Crippen molar-refractivity contribution in [1.29, 1.82) is 0 Å². The van der Waals surface area contributed by atoms with E-state index in [1.165, 1.54) is 0 Å². The molecule has 1 aromatic rings. The van der Waals surface area contributed by atoms with Gasteiger partial charge in [-0.25, -0.2) is 4.79 Å². The molecule has 3 rings (SSSR count). The van der Waals surface area contributed by atoms with Crippen LogP contribution in [0.3, 0.4) is 0 Å². The molecule has 2 aliphatic rings. The summed E-state index contributed by atoms with van der Waals surface area (Å²) in [4.78, 5) is 40.0. The minimum absolute atomic E-state index is 0.118. The van der Waals surface area contributed by atoms with Gasteiger partial charge in [-0.1, -0.05) is 25.4 Å². The number of hydrogen-bond acceptors (Lipinski definition) is 3. The number of amides is 3. The molecule has 1 saturated carbocycles. The smallest absolute Gasteiger partial charge is 0.321 e. The van der Waals surface area contributed by atoms with Crippen molar-refractivity contribution in [3.8, 4) is 0 Å². The van der Waals surface area contributed by atoms with E-state index in [9.17, 15) is 19.5 Å². The number of carboxylic acid groups (broad SMARTS) is 1. The van der Waals surface area contributed by atoms with Crippen LogP contribution in [0.1, 0.15) is 20.3 Å². The number of halogens is 1. The molecule has 1 saturated heterocycles. The summed E-state index contributed by atoms with van der Waals surface area (Å²) < 4.78 is 0. The first-order valence-electron chi connectivity index (χ1n) is 9.05. The van der Waals surface area contributed by atoms with Crippen molar-refractivity contribution < 1.29 is 19.5 Å². The molecule has 0 spiro atoms. The fourth-order valence-electron chi connectivity index (χ4n) is 3.83. The summed E-state index contributed by atoms with van der Waals surface area (Å²) in [6.45, 7) is 5.53. The van der Waals surface area contributed by atoms with Crippen LogP contribution in [0.25, 0.3) is 0 Å². The third-order valence-electron chi connectivity index (χ3n) is 5.55. The molecule has 3 amide bonds. The molecular formula is C19H24ClN3O4. The zero-order chi connectivity index (χ0) is 19.8. The standard InChI is InChI=1S/C19H24ClN3O4/c1-19(2)14(15(19)17(25)26)16(24)22-8-3-9-23(11-10-22)18(27)21-13-6-4-12(20)5-7-13/h4-7,14-15H,3,8-11H2,1-2H3,(H,21,27)(H,25,26)/t14-,15+/m1/s1. The van der Waals surface area contributed by atoms with Crippen molar-refractivity contribution in [1.82, 2.24) is 9.80 Å². The summed E-state index contributed by atoms with van der Waals surface area (Å²) in [5.74, 6) is -2.15. The number of carboxylic acids is 1. The molecule has 1 aliphatic heterocycles. The van der Waals surface area contributed by atoms with Gasteiger partial charge in [0.05, 0.1) is 11.8 Å². The lowest BCUT2D eigenvalue weighted by molar-refractivity contribution is -0.142. The van der Waals surface area contributed by atoms with Crippen molar-refractivity contribution in [3.63, 3.8) is 0 Å². The number of anilines is 1. The second-order valence-electron chi connectivity index (χ2n) is 7.72. The molecule has 146 valence electrons. The van der Waals surface area contributed by atoms with Gasteiger partial charge in [0.25, 0.3) is 0 Å². The molecule has 0 aromatic heterocycles. The van der Waals surface area contributed by atoms with E-state index in [0.717, 1.165) is 0 Å². The zero-order valence-electron chi connectivity index (χ0n) is 15.4.